The molecule has 2 N–H and O–H groups in total. The molecule has 0 aliphatic rings. The Morgan fingerprint density at radius 2 is 1.70 bits per heavy atom. The number of methoxy groups -OCH3 is 1. The lowest BCUT2D eigenvalue weighted by molar-refractivity contribution is -0.500. The zero-order chi connectivity index (χ0) is 22.1. The smallest absolute Gasteiger partial charge is 0.497 e. The van der Waals surface area contributed by atoms with E-state index < -0.39 is 7.25 Å². The standard InChI is InChI=1S/C21H23NO3.BF4/c1-3-15-5-10-20-18(13-15)19(22-11-4-12-23)14-21(25-20)16-6-8-17(24-2)9-7-16;2-1(3,4)5/h5-10,13-14,23H,3-4,11-12H2,1-2H3;/q;-1/p+1. The monoisotopic (exact) mass is 425 g/mol. The third-order valence-corrected chi connectivity index (χ3v) is 4.26. The van der Waals surface area contributed by atoms with E-state index in [0.29, 0.717) is 13.0 Å². The van der Waals surface area contributed by atoms with Crippen LogP contribution in [0.5, 0.6) is 5.75 Å². The van der Waals surface area contributed by atoms with E-state index in [1.807, 2.05) is 36.4 Å². The van der Waals surface area contributed by atoms with Crippen molar-refractivity contribution in [2.45, 2.75) is 19.8 Å². The van der Waals surface area contributed by atoms with Gasteiger partial charge < -0.3 is 31.5 Å². The molecular weight excluding hydrogens is 401 g/mol. The van der Waals surface area contributed by atoms with Crippen LogP contribution in [0.3, 0.4) is 0 Å². The molecule has 9 heteroatoms. The first-order valence-corrected chi connectivity index (χ1v) is 9.51. The summed E-state index contributed by atoms with van der Waals surface area (Å²) in [6, 6.07) is 16.1. The van der Waals surface area contributed by atoms with E-state index in [9.17, 15) is 17.3 Å². The van der Waals surface area contributed by atoms with Gasteiger partial charge in [-0.15, -0.1) is 0 Å². The van der Waals surface area contributed by atoms with Gasteiger partial charge in [0.1, 0.15) is 23.6 Å². The lowest BCUT2D eigenvalue weighted by Gasteiger charge is -2.06. The number of ether oxygens (including phenoxy) is 1. The fourth-order valence-electron chi connectivity index (χ4n) is 2.80. The van der Waals surface area contributed by atoms with Crippen LogP contribution in [-0.4, -0.2) is 32.6 Å². The van der Waals surface area contributed by atoms with Gasteiger partial charge in [0.2, 0.25) is 5.36 Å². The van der Waals surface area contributed by atoms with E-state index >= 15 is 0 Å². The second kappa shape index (κ2) is 10.8. The van der Waals surface area contributed by atoms with E-state index in [2.05, 4.69) is 24.0 Å². The summed E-state index contributed by atoms with van der Waals surface area (Å²) in [6.07, 6.45) is 1.69. The lowest BCUT2D eigenvalue weighted by atomic mass is 10.1. The molecule has 0 fully saturated rings. The normalized spacial score (nSPS) is 11.9. The second-order valence-corrected chi connectivity index (χ2v) is 6.44. The molecule has 0 spiro atoms. The summed E-state index contributed by atoms with van der Waals surface area (Å²) in [5.41, 5.74) is 3.11. The van der Waals surface area contributed by atoms with Crippen molar-refractivity contribution in [3.05, 3.63) is 59.5 Å². The molecule has 0 aliphatic heterocycles. The average molecular weight is 425 g/mol. The van der Waals surface area contributed by atoms with Crippen molar-refractivity contribution in [1.29, 1.82) is 0 Å². The molecule has 0 saturated carbocycles. The van der Waals surface area contributed by atoms with Crippen molar-refractivity contribution in [1.82, 2.24) is 0 Å². The van der Waals surface area contributed by atoms with Crippen molar-refractivity contribution in [2.75, 3.05) is 20.3 Å². The minimum atomic E-state index is -6.00. The number of aliphatic hydroxyl groups is 1. The first-order valence-electron chi connectivity index (χ1n) is 9.51. The molecule has 30 heavy (non-hydrogen) atoms. The van der Waals surface area contributed by atoms with Crippen LogP contribution in [0.25, 0.3) is 22.3 Å². The number of hydrogen-bond acceptors (Lipinski definition) is 3. The van der Waals surface area contributed by atoms with Crippen molar-refractivity contribution >= 4 is 18.2 Å². The van der Waals surface area contributed by atoms with Gasteiger partial charge in [0, 0.05) is 18.6 Å². The van der Waals surface area contributed by atoms with Crippen molar-refractivity contribution in [3.8, 4) is 17.1 Å². The number of fused-ring (bicyclic) bond motifs is 1. The van der Waals surface area contributed by atoms with Crippen LogP contribution >= 0.6 is 0 Å². The van der Waals surface area contributed by atoms with Gasteiger partial charge in [-0.1, -0.05) is 13.0 Å². The molecule has 4 nitrogen and oxygen atoms in total. The summed E-state index contributed by atoms with van der Waals surface area (Å²) in [5.74, 6) is 1.62. The first kappa shape index (κ1) is 23.5. The molecular formula is C21H24BF4NO3. The van der Waals surface area contributed by atoms with Crippen molar-refractivity contribution in [2.24, 2.45) is 0 Å². The predicted octanol–water partition coefficient (Wildman–Crippen LogP) is 3.33. The summed E-state index contributed by atoms with van der Waals surface area (Å²) in [6.45, 7) is 3.03. The van der Waals surface area contributed by atoms with Gasteiger partial charge in [-0.3, -0.25) is 0 Å². The van der Waals surface area contributed by atoms with Gasteiger partial charge in [-0.2, -0.15) is 0 Å². The van der Waals surface area contributed by atoms with Crippen LogP contribution in [0.15, 0.2) is 52.9 Å². The third-order valence-electron chi connectivity index (χ3n) is 4.26. The van der Waals surface area contributed by atoms with E-state index in [1.54, 1.807) is 7.11 Å². The highest BCUT2D eigenvalue weighted by atomic mass is 19.5. The molecule has 3 rings (SSSR count). The molecule has 0 atom stereocenters. The zero-order valence-corrected chi connectivity index (χ0v) is 16.8. The van der Waals surface area contributed by atoms with Crippen molar-refractivity contribution in [3.63, 3.8) is 0 Å². The lowest BCUT2D eigenvalue weighted by Crippen LogP contribution is -2.76. The number of aliphatic hydroxyl groups excluding tert-OH is 1. The van der Waals surface area contributed by atoms with Gasteiger partial charge in [0.15, 0.2) is 0 Å². The molecule has 0 unspecified atom stereocenters. The third kappa shape index (κ3) is 7.22. The Morgan fingerprint density at radius 1 is 1.03 bits per heavy atom. The van der Waals surface area contributed by atoms with Crippen LogP contribution in [0.4, 0.5) is 17.3 Å². The van der Waals surface area contributed by atoms with Gasteiger partial charge in [-0.05, 0) is 48.4 Å². The number of hydrogen-bond donors (Lipinski definition) is 2. The molecule has 1 heterocycles. The minimum Gasteiger partial charge on any atom is -0.497 e. The molecule has 0 amide bonds. The molecule has 2 aromatic carbocycles. The van der Waals surface area contributed by atoms with Gasteiger partial charge in [0.25, 0.3) is 0 Å². The predicted molar refractivity (Wildman–Crippen MR) is 108 cm³/mol. The van der Waals surface area contributed by atoms with Crippen LogP contribution in [-0.2, 0) is 6.42 Å². The van der Waals surface area contributed by atoms with E-state index in [-0.39, 0.29) is 6.61 Å². The quantitative estimate of drug-likeness (QED) is 0.362. The number of halogens is 4. The van der Waals surface area contributed by atoms with E-state index in [1.165, 1.54) is 5.56 Å². The summed E-state index contributed by atoms with van der Waals surface area (Å²) in [4.78, 5) is 3.43. The van der Waals surface area contributed by atoms with Crippen LogP contribution in [0.1, 0.15) is 18.9 Å². The zero-order valence-electron chi connectivity index (χ0n) is 16.8. The summed E-state index contributed by atoms with van der Waals surface area (Å²) >= 11 is 0. The number of nitrogens with one attached hydrogen (secondary N) is 1. The highest BCUT2D eigenvalue weighted by Crippen LogP contribution is 2.24. The molecule has 0 bridgehead atoms. The largest absolute Gasteiger partial charge is 0.673 e. The first-order chi connectivity index (χ1) is 14.2. The van der Waals surface area contributed by atoms with Gasteiger partial charge in [0.05, 0.1) is 18.6 Å². The fraction of sp³-hybridized carbons (Fsp3) is 0.286. The summed E-state index contributed by atoms with van der Waals surface area (Å²) in [7, 11) is -4.34. The molecule has 3 aromatic rings. The molecule has 1 aromatic heterocycles. The Balaban J connectivity index is 0.000000575. The Bertz CT molecular complexity index is 1010. The molecule has 162 valence electrons. The molecule has 0 aliphatic carbocycles. The van der Waals surface area contributed by atoms with Gasteiger partial charge >= 0.3 is 7.25 Å². The minimum absolute atomic E-state index is 0.174. The van der Waals surface area contributed by atoms with Gasteiger partial charge in [-0.25, -0.2) is 4.99 Å². The maximum absolute atomic E-state index is 9.75. The number of benzene rings is 2. The van der Waals surface area contributed by atoms with Crippen LogP contribution in [0, 0.1) is 0 Å². The Labute approximate surface area is 171 Å². The van der Waals surface area contributed by atoms with Crippen LogP contribution in [0.2, 0.25) is 0 Å². The van der Waals surface area contributed by atoms with E-state index in [0.717, 1.165) is 39.8 Å². The Morgan fingerprint density at radius 3 is 2.27 bits per heavy atom. The number of aryl methyl sites for hydroxylation is 1. The van der Waals surface area contributed by atoms with Crippen molar-refractivity contribution < 1.29 is 36.5 Å². The number of rotatable bonds is 6. The highest BCUT2D eigenvalue weighted by molar-refractivity contribution is 6.50. The fourth-order valence-corrected chi connectivity index (χ4v) is 2.80. The molecule has 0 saturated heterocycles. The van der Waals surface area contributed by atoms with E-state index in [4.69, 9.17) is 14.3 Å². The maximum Gasteiger partial charge on any atom is 0.673 e. The molecule has 0 radical (unpaired) electrons. The topological polar surface area (TPSA) is 56.6 Å². The second-order valence-electron chi connectivity index (χ2n) is 6.44. The van der Waals surface area contributed by atoms with Crippen LogP contribution < -0.4 is 15.1 Å². The highest BCUT2D eigenvalue weighted by Gasteiger charge is 2.20. The Kier molecular flexibility index (Phi) is 8.47. The summed E-state index contributed by atoms with van der Waals surface area (Å²) in [5, 5.41) is 11.1. The average Bonchev–Trinajstić information content (AvgIpc) is 2.72. The summed E-state index contributed by atoms with van der Waals surface area (Å²) < 4.78 is 50.4. The maximum atomic E-state index is 9.75. The Hall–Kier alpha value is -2.81. The SMILES string of the molecule is CCc1ccc2oc(-c3ccc(OC)cc3)cc(=[NH+]CCCO)c2c1.F[B-](F)(F)F.